The van der Waals surface area contributed by atoms with E-state index in [1.165, 1.54) is 12.1 Å². The molecule has 1 saturated carbocycles. The molecule has 0 bridgehead atoms. The second-order valence-electron chi connectivity index (χ2n) is 4.68. The molecule has 0 atom stereocenters. The lowest BCUT2D eigenvalue weighted by molar-refractivity contribution is 0.501. The van der Waals surface area contributed by atoms with Gasteiger partial charge < -0.3 is 15.1 Å². The van der Waals surface area contributed by atoms with Crippen molar-refractivity contribution in [2.75, 3.05) is 10.6 Å². The summed E-state index contributed by atoms with van der Waals surface area (Å²) >= 11 is 0. The lowest BCUT2D eigenvalue weighted by atomic mass is 10.2. The third-order valence-corrected chi connectivity index (χ3v) is 3.13. The number of halogens is 1. The molecule has 2 N–H and O–H groups in total. The Morgan fingerprint density at radius 3 is 2.78 bits per heavy atom. The minimum absolute atomic E-state index is 0.296. The summed E-state index contributed by atoms with van der Waals surface area (Å²) in [5.74, 6) is 0.583. The summed E-state index contributed by atoms with van der Waals surface area (Å²) in [6.45, 7) is 0.653. The summed E-state index contributed by atoms with van der Waals surface area (Å²) in [7, 11) is 0. The third kappa shape index (κ3) is 2.32. The second kappa shape index (κ2) is 4.37. The van der Waals surface area contributed by atoms with E-state index in [-0.39, 0.29) is 5.82 Å². The molecule has 0 saturated heterocycles. The summed E-state index contributed by atoms with van der Waals surface area (Å²) < 4.78 is 18.8. The van der Waals surface area contributed by atoms with E-state index in [2.05, 4.69) is 4.90 Å². The van der Waals surface area contributed by atoms with Crippen LogP contribution in [0.15, 0.2) is 41.0 Å². The molecular formula is C14H15FN2O. The van der Waals surface area contributed by atoms with Crippen LogP contribution < -0.4 is 10.6 Å². The molecule has 0 radical (unpaired) electrons. The highest BCUT2D eigenvalue weighted by molar-refractivity contribution is 5.57. The van der Waals surface area contributed by atoms with Gasteiger partial charge in [0.15, 0.2) is 0 Å². The smallest absolute Gasteiger partial charge is 0.127 e. The number of benzene rings is 1. The third-order valence-electron chi connectivity index (χ3n) is 3.13. The molecule has 0 unspecified atom stereocenters. The number of nitrogens with zero attached hydrogens (tertiary/aromatic N) is 1. The minimum Gasteiger partial charge on any atom is -0.467 e. The molecule has 1 aliphatic carbocycles. The second-order valence-corrected chi connectivity index (χ2v) is 4.68. The van der Waals surface area contributed by atoms with Crippen LogP contribution in [0.1, 0.15) is 18.6 Å². The summed E-state index contributed by atoms with van der Waals surface area (Å²) in [6, 6.07) is 8.93. The lowest BCUT2D eigenvalue weighted by Gasteiger charge is -2.24. The van der Waals surface area contributed by atoms with Gasteiger partial charge in [-0.3, -0.25) is 0 Å². The van der Waals surface area contributed by atoms with Gasteiger partial charge in [0.25, 0.3) is 0 Å². The van der Waals surface area contributed by atoms with Crippen molar-refractivity contribution in [3.63, 3.8) is 0 Å². The Bertz CT molecular complexity index is 514. The topological polar surface area (TPSA) is 42.4 Å². The number of rotatable bonds is 4. The molecule has 2 aromatic rings. The summed E-state index contributed by atoms with van der Waals surface area (Å²) in [5, 5.41) is 0. The van der Waals surface area contributed by atoms with Crippen molar-refractivity contribution in [2.24, 2.45) is 0 Å². The van der Waals surface area contributed by atoms with Gasteiger partial charge in [-0.25, -0.2) is 4.39 Å². The van der Waals surface area contributed by atoms with Gasteiger partial charge in [0.05, 0.1) is 12.8 Å². The normalized spacial score (nSPS) is 14.7. The maximum absolute atomic E-state index is 13.4. The molecule has 1 aliphatic rings. The molecule has 1 aromatic heterocycles. The van der Waals surface area contributed by atoms with Crippen molar-refractivity contribution in [3.8, 4) is 0 Å². The Morgan fingerprint density at radius 2 is 2.17 bits per heavy atom. The zero-order valence-electron chi connectivity index (χ0n) is 9.97. The number of hydrogen-bond acceptors (Lipinski definition) is 3. The molecule has 94 valence electrons. The predicted octanol–water partition coefficient (Wildman–Crippen LogP) is 3.17. The molecule has 18 heavy (non-hydrogen) atoms. The number of nitrogen functional groups attached to an aromatic ring is 1. The van der Waals surface area contributed by atoms with Crippen LogP contribution in [0.2, 0.25) is 0 Å². The first kappa shape index (κ1) is 11.1. The van der Waals surface area contributed by atoms with Crippen LogP contribution >= 0.6 is 0 Å². The van der Waals surface area contributed by atoms with Gasteiger partial charge in [0.2, 0.25) is 0 Å². The van der Waals surface area contributed by atoms with Gasteiger partial charge in [0, 0.05) is 17.4 Å². The van der Waals surface area contributed by atoms with Crippen LogP contribution in [-0.4, -0.2) is 6.04 Å². The SMILES string of the molecule is Nc1cc(F)cc(N(Cc2ccco2)C2CC2)c1. The Morgan fingerprint density at radius 1 is 1.33 bits per heavy atom. The average molecular weight is 246 g/mol. The molecule has 1 fully saturated rings. The number of anilines is 2. The van der Waals surface area contributed by atoms with Gasteiger partial charge in [0.1, 0.15) is 11.6 Å². The van der Waals surface area contributed by atoms with Crippen molar-refractivity contribution in [1.82, 2.24) is 0 Å². The molecule has 0 aliphatic heterocycles. The first-order valence-corrected chi connectivity index (χ1v) is 6.07. The first-order valence-electron chi connectivity index (χ1n) is 6.07. The summed E-state index contributed by atoms with van der Waals surface area (Å²) in [6.07, 6.45) is 3.93. The van der Waals surface area contributed by atoms with Crippen molar-refractivity contribution in [1.29, 1.82) is 0 Å². The zero-order valence-corrected chi connectivity index (χ0v) is 9.97. The van der Waals surface area contributed by atoms with E-state index in [1.807, 2.05) is 18.2 Å². The van der Waals surface area contributed by atoms with E-state index in [9.17, 15) is 4.39 Å². The first-order chi connectivity index (χ1) is 8.72. The molecule has 1 heterocycles. The van der Waals surface area contributed by atoms with Crippen LogP contribution in [-0.2, 0) is 6.54 Å². The Hall–Kier alpha value is -1.97. The van der Waals surface area contributed by atoms with Crippen LogP contribution in [0.3, 0.4) is 0 Å². The fraction of sp³-hybridized carbons (Fsp3) is 0.286. The van der Waals surface area contributed by atoms with E-state index >= 15 is 0 Å². The Balaban J connectivity index is 1.89. The van der Waals surface area contributed by atoms with Gasteiger partial charge in [-0.15, -0.1) is 0 Å². The largest absolute Gasteiger partial charge is 0.467 e. The Kier molecular flexibility index (Phi) is 2.70. The van der Waals surface area contributed by atoms with Crippen LogP contribution in [0.4, 0.5) is 15.8 Å². The van der Waals surface area contributed by atoms with Crippen molar-refractivity contribution < 1.29 is 8.81 Å². The van der Waals surface area contributed by atoms with Crippen molar-refractivity contribution >= 4 is 11.4 Å². The fourth-order valence-corrected chi connectivity index (χ4v) is 2.15. The van der Waals surface area contributed by atoms with Gasteiger partial charge in [-0.05, 0) is 43.2 Å². The quantitative estimate of drug-likeness (QED) is 0.842. The van der Waals surface area contributed by atoms with Crippen molar-refractivity contribution in [2.45, 2.75) is 25.4 Å². The van der Waals surface area contributed by atoms with E-state index in [0.29, 0.717) is 18.3 Å². The molecule has 4 heteroatoms. The van der Waals surface area contributed by atoms with Crippen LogP contribution in [0, 0.1) is 5.82 Å². The molecule has 3 nitrogen and oxygen atoms in total. The zero-order chi connectivity index (χ0) is 12.5. The van der Waals surface area contributed by atoms with E-state index < -0.39 is 0 Å². The average Bonchev–Trinajstić information content (AvgIpc) is 3.02. The van der Waals surface area contributed by atoms with Crippen LogP contribution in [0.5, 0.6) is 0 Å². The van der Waals surface area contributed by atoms with Gasteiger partial charge in [-0.2, -0.15) is 0 Å². The maximum Gasteiger partial charge on any atom is 0.127 e. The highest BCUT2D eigenvalue weighted by atomic mass is 19.1. The molecule has 0 spiro atoms. The summed E-state index contributed by atoms with van der Waals surface area (Å²) in [5.41, 5.74) is 6.98. The fourth-order valence-electron chi connectivity index (χ4n) is 2.15. The number of hydrogen-bond donors (Lipinski definition) is 1. The number of furan rings is 1. The van der Waals surface area contributed by atoms with E-state index in [4.69, 9.17) is 10.2 Å². The highest BCUT2D eigenvalue weighted by Gasteiger charge is 2.30. The minimum atomic E-state index is -0.296. The molecule has 3 rings (SSSR count). The van der Waals surface area contributed by atoms with Gasteiger partial charge >= 0.3 is 0 Å². The lowest BCUT2D eigenvalue weighted by Crippen LogP contribution is -2.25. The van der Waals surface area contributed by atoms with Gasteiger partial charge in [-0.1, -0.05) is 0 Å². The van der Waals surface area contributed by atoms with E-state index in [0.717, 1.165) is 24.3 Å². The van der Waals surface area contributed by atoms with E-state index in [1.54, 1.807) is 6.26 Å². The number of nitrogens with two attached hydrogens (primary N) is 1. The Labute approximate surface area is 105 Å². The summed E-state index contributed by atoms with van der Waals surface area (Å²) in [4.78, 5) is 2.15. The molecule has 1 aromatic carbocycles. The molecule has 0 amide bonds. The standard InChI is InChI=1S/C14H15FN2O/c15-10-6-11(16)8-13(7-10)17(12-3-4-12)9-14-2-1-5-18-14/h1-2,5-8,12H,3-4,9,16H2. The highest BCUT2D eigenvalue weighted by Crippen LogP contribution is 2.34. The van der Waals surface area contributed by atoms with Crippen molar-refractivity contribution in [3.05, 3.63) is 48.2 Å². The monoisotopic (exact) mass is 246 g/mol. The van der Waals surface area contributed by atoms with Crippen LogP contribution in [0.25, 0.3) is 0 Å². The maximum atomic E-state index is 13.4. The molecular weight excluding hydrogens is 231 g/mol. The predicted molar refractivity (Wildman–Crippen MR) is 68.7 cm³/mol.